The number of halogens is 3. The van der Waals surface area contributed by atoms with Crippen molar-refractivity contribution in [2.24, 2.45) is 0 Å². The van der Waals surface area contributed by atoms with Crippen LogP contribution in [0.4, 0.5) is 13.2 Å². The maximum Gasteiger partial charge on any atom is 0.422 e. The molecule has 1 aliphatic carbocycles. The summed E-state index contributed by atoms with van der Waals surface area (Å²) in [5.41, 5.74) is 0.00155. The average Bonchev–Trinajstić information content (AvgIpc) is 3.43. The van der Waals surface area contributed by atoms with Crippen LogP contribution < -0.4 is 10.1 Å². The minimum atomic E-state index is -4.51. The van der Waals surface area contributed by atoms with E-state index in [0.717, 1.165) is 12.8 Å². The molecule has 2 fully saturated rings. The fourth-order valence-corrected chi connectivity index (χ4v) is 2.80. The summed E-state index contributed by atoms with van der Waals surface area (Å²) < 4.78 is 41.8. The molecule has 0 unspecified atom stereocenters. The fraction of sp³-hybridized carbons (Fsp3) is 0.588. The standard InChI is InChI=1S/C17H21F3N4O3/c18-17(19,20)11-27-15-13(2-1-5-21-15)16(26)24-8-6-23(7-9-24)10-14(25)22-12-3-4-12/h1-2,5,12H,3-4,6-11H2,(H,22,25). The van der Waals surface area contributed by atoms with Crippen LogP contribution in [0.2, 0.25) is 0 Å². The number of ether oxygens (including phenoxy) is 1. The molecule has 3 rings (SSSR count). The summed E-state index contributed by atoms with van der Waals surface area (Å²) in [5, 5.41) is 2.92. The molecule has 0 aromatic carbocycles. The molecule has 2 amide bonds. The van der Waals surface area contributed by atoms with E-state index in [1.54, 1.807) is 0 Å². The van der Waals surface area contributed by atoms with Crippen molar-refractivity contribution in [1.82, 2.24) is 20.1 Å². The lowest BCUT2D eigenvalue weighted by molar-refractivity contribution is -0.154. The Hall–Kier alpha value is -2.36. The number of amides is 2. The first-order valence-corrected chi connectivity index (χ1v) is 8.77. The zero-order valence-corrected chi connectivity index (χ0v) is 14.7. The highest BCUT2D eigenvalue weighted by Gasteiger charge is 2.31. The number of hydrogen-bond donors (Lipinski definition) is 1. The molecule has 2 aliphatic rings. The van der Waals surface area contributed by atoms with Crippen LogP contribution in [0.3, 0.4) is 0 Å². The van der Waals surface area contributed by atoms with Gasteiger partial charge in [-0.25, -0.2) is 4.98 Å². The van der Waals surface area contributed by atoms with E-state index in [-0.39, 0.29) is 23.9 Å². The molecule has 1 aromatic heterocycles. The first-order valence-electron chi connectivity index (χ1n) is 8.77. The van der Waals surface area contributed by atoms with E-state index >= 15 is 0 Å². The number of nitrogens with zero attached hydrogens (tertiary/aromatic N) is 3. The summed E-state index contributed by atoms with van der Waals surface area (Å²) >= 11 is 0. The molecule has 10 heteroatoms. The zero-order chi connectivity index (χ0) is 19.4. The minimum Gasteiger partial charge on any atom is -0.467 e. The number of rotatable bonds is 6. The number of pyridine rings is 1. The van der Waals surface area contributed by atoms with Crippen LogP contribution in [-0.2, 0) is 4.79 Å². The molecule has 0 atom stereocenters. The first-order chi connectivity index (χ1) is 12.8. The molecular formula is C17H21F3N4O3. The third-order valence-corrected chi connectivity index (χ3v) is 4.34. The van der Waals surface area contributed by atoms with Crippen molar-refractivity contribution in [3.63, 3.8) is 0 Å². The van der Waals surface area contributed by atoms with Gasteiger partial charge in [0.2, 0.25) is 11.8 Å². The number of nitrogens with one attached hydrogen (secondary N) is 1. The van der Waals surface area contributed by atoms with Gasteiger partial charge in [0.1, 0.15) is 5.56 Å². The number of carbonyl (C=O) groups excluding carboxylic acids is 2. The van der Waals surface area contributed by atoms with Gasteiger partial charge in [-0.1, -0.05) is 0 Å². The van der Waals surface area contributed by atoms with Crippen LogP contribution >= 0.6 is 0 Å². The van der Waals surface area contributed by atoms with Gasteiger partial charge in [0.25, 0.3) is 5.91 Å². The summed E-state index contributed by atoms with van der Waals surface area (Å²) in [6, 6.07) is 3.18. The Labute approximate surface area is 154 Å². The van der Waals surface area contributed by atoms with Gasteiger partial charge in [-0.15, -0.1) is 0 Å². The van der Waals surface area contributed by atoms with Crippen molar-refractivity contribution in [1.29, 1.82) is 0 Å². The minimum absolute atomic E-state index is 0.00155. The molecule has 2 heterocycles. The highest BCUT2D eigenvalue weighted by molar-refractivity contribution is 5.96. The Morgan fingerprint density at radius 1 is 1.22 bits per heavy atom. The molecule has 1 saturated heterocycles. The third kappa shape index (κ3) is 5.81. The molecule has 0 spiro atoms. The summed E-state index contributed by atoms with van der Waals surface area (Å²) in [6.07, 6.45) is -1.18. The van der Waals surface area contributed by atoms with Crippen molar-refractivity contribution in [2.45, 2.75) is 25.1 Å². The summed E-state index contributed by atoms with van der Waals surface area (Å²) in [6.45, 7) is 0.567. The van der Waals surface area contributed by atoms with Crippen molar-refractivity contribution in [3.05, 3.63) is 23.9 Å². The Morgan fingerprint density at radius 2 is 1.93 bits per heavy atom. The van der Waals surface area contributed by atoms with Crippen molar-refractivity contribution < 1.29 is 27.5 Å². The SMILES string of the molecule is O=C(CN1CCN(C(=O)c2cccnc2OCC(F)(F)F)CC1)NC1CC1. The Morgan fingerprint density at radius 3 is 2.56 bits per heavy atom. The Bertz CT molecular complexity index is 686. The maximum atomic E-state index is 12.7. The van der Waals surface area contributed by atoms with E-state index in [1.165, 1.54) is 23.2 Å². The van der Waals surface area contributed by atoms with E-state index < -0.39 is 18.7 Å². The number of carbonyl (C=O) groups is 2. The smallest absolute Gasteiger partial charge is 0.422 e. The van der Waals surface area contributed by atoms with E-state index in [0.29, 0.717) is 32.2 Å². The summed E-state index contributed by atoms with van der Waals surface area (Å²) in [5.74, 6) is -0.777. The van der Waals surface area contributed by atoms with Crippen molar-refractivity contribution >= 4 is 11.8 Å². The molecular weight excluding hydrogens is 365 g/mol. The maximum absolute atomic E-state index is 12.7. The van der Waals surface area contributed by atoms with E-state index in [1.807, 2.05) is 4.90 Å². The largest absolute Gasteiger partial charge is 0.467 e. The van der Waals surface area contributed by atoms with Gasteiger partial charge in [0.05, 0.1) is 6.54 Å². The van der Waals surface area contributed by atoms with Crippen molar-refractivity contribution in [2.75, 3.05) is 39.3 Å². The first kappa shape index (κ1) is 19.4. The topological polar surface area (TPSA) is 74.8 Å². The molecule has 0 bridgehead atoms. The predicted molar refractivity (Wildman–Crippen MR) is 89.3 cm³/mol. The van der Waals surface area contributed by atoms with E-state index in [2.05, 4.69) is 15.0 Å². The molecule has 1 saturated carbocycles. The molecule has 0 radical (unpaired) electrons. The molecule has 1 aromatic rings. The van der Waals surface area contributed by atoms with Gasteiger partial charge in [0.15, 0.2) is 6.61 Å². The van der Waals surface area contributed by atoms with Crippen LogP contribution in [0, 0.1) is 0 Å². The molecule has 1 N–H and O–H groups in total. The van der Waals surface area contributed by atoms with Crippen LogP contribution in [0.5, 0.6) is 5.88 Å². The van der Waals surface area contributed by atoms with E-state index in [9.17, 15) is 22.8 Å². The van der Waals surface area contributed by atoms with Gasteiger partial charge in [-0.2, -0.15) is 13.2 Å². The monoisotopic (exact) mass is 386 g/mol. The molecule has 1 aliphatic heterocycles. The Balaban J connectivity index is 1.53. The second-order valence-corrected chi connectivity index (χ2v) is 6.67. The van der Waals surface area contributed by atoms with Crippen LogP contribution in [0.15, 0.2) is 18.3 Å². The van der Waals surface area contributed by atoms with Gasteiger partial charge in [-0.05, 0) is 25.0 Å². The lowest BCUT2D eigenvalue weighted by Crippen LogP contribution is -2.51. The summed E-state index contributed by atoms with van der Waals surface area (Å²) in [7, 11) is 0. The van der Waals surface area contributed by atoms with Gasteiger partial charge in [-0.3, -0.25) is 14.5 Å². The second-order valence-electron chi connectivity index (χ2n) is 6.67. The predicted octanol–water partition coefficient (Wildman–Crippen LogP) is 1.06. The van der Waals surface area contributed by atoms with Crippen LogP contribution in [0.1, 0.15) is 23.2 Å². The van der Waals surface area contributed by atoms with Gasteiger partial charge >= 0.3 is 6.18 Å². The lowest BCUT2D eigenvalue weighted by atomic mass is 10.2. The van der Waals surface area contributed by atoms with Crippen molar-refractivity contribution in [3.8, 4) is 5.88 Å². The molecule has 148 valence electrons. The third-order valence-electron chi connectivity index (χ3n) is 4.34. The number of alkyl halides is 3. The van der Waals surface area contributed by atoms with Gasteiger partial charge in [0, 0.05) is 38.4 Å². The summed E-state index contributed by atoms with van der Waals surface area (Å²) in [4.78, 5) is 31.7. The quantitative estimate of drug-likeness (QED) is 0.791. The van der Waals surface area contributed by atoms with Crippen LogP contribution in [-0.4, -0.2) is 78.1 Å². The lowest BCUT2D eigenvalue weighted by Gasteiger charge is -2.34. The van der Waals surface area contributed by atoms with E-state index in [4.69, 9.17) is 0 Å². The van der Waals surface area contributed by atoms with Gasteiger partial charge < -0.3 is 15.0 Å². The Kier molecular flexibility index (Phi) is 5.83. The fourth-order valence-electron chi connectivity index (χ4n) is 2.80. The normalized spacial score (nSPS) is 18.3. The highest BCUT2D eigenvalue weighted by Crippen LogP contribution is 2.22. The molecule has 7 nitrogen and oxygen atoms in total. The van der Waals surface area contributed by atoms with Crippen LogP contribution in [0.25, 0.3) is 0 Å². The highest BCUT2D eigenvalue weighted by atomic mass is 19.4. The average molecular weight is 386 g/mol. The zero-order valence-electron chi connectivity index (χ0n) is 14.7. The second kappa shape index (κ2) is 8.12. The molecule has 27 heavy (non-hydrogen) atoms. The number of hydrogen-bond acceptors (Lipinski definition) is 5. The number of piperazine rings is 1. The number of aromatic nitrogens is 1.